The second kappa shape index (κ2) is 6.86. The first-order chi connectivity index (χ1) is 11.6. The van der Waals surface area contributed by atoms with Crippen molar-refractivity contribution in [1.82, 2.24) is 40.7 Å². The molecule has 2 heterocycles. The number of ether oxygens (including phenoxy) is 1. The number of aromatic amines is 1. The maximum atomic E-state index is 11.9. The number of hydrogen-bond donors (Lipinski definition) is 2. The van der Waals surface area contributed by atoms with Crippen molar-refractivity contribution in [3.63, 3.8) is 0 Å². The molecule has 0 radical (unpaired) electrons. The number of aryl methyl sites for hydroxylation is 1. The van der Waals surface area contributed by atoms with Crippen molar-refractivity contribution in [2.45, 2.75) is 19.9 Å². The summed E-state index contributed by atoms with van der Waals surface area (Å²) in [7, 11) is 0. The number of carbonyl (C=O) groups excluding carboxylic acids is 1. The fraction of sp³-hybridized carbons (Fsp3) is 0.286. The van der Waals surface area contributed by atoms with Crippen LogP contribution >= 0.6 is 0 Å². The molecule has 124 valence electrons. The highest BCUT2D eigenvalue weighted by Gasteiger charge is 2.14. The van der Waals surface area contributed by atoms with E-state index in [4.69, 9.17) is 4.74 Å². The Labute approximate surface area is 137 Å². The molecule has 0 saturated heterocycles. The Balaban J connectivity index is 1.51. The van der Waals surface area contributed by atoms with Gasteiger partial charge < -0.3 is 10.1 Å². The van der Waals surface area contributed by atoms with Crippen molar-refractivity contribution in [3.8, 4) is 11.4 Å². The van der Waals surface area contributed by atoms with Gasteiger partial charge in [-0.05, 0) is 48.5 Å². The fourth-order valence-electron chi connectivity index (χ4n) is 2.02. The molecule has 0 fully saturated rings. The summed E-state index contributed by atoms with van der Waals surface area (Å²) >= 11 is 0. The predicted octanol–water partition coefficient (Wildman–Crippen LogP) is 0.345. The number of tetrazole rings is 1. The molecule has 10 heteroatoms. The van der Waals surface area contributed by atoms with Gasteiger partial charge in [0.25, 0.3) is 5.91 Å². The summed E-state index contributed by atoms with van der Waals surface area (Å²) in [4.78, 5) is 16.1. The number of H-pyrrole nitrogens is 1. The lowest BCUT2D eigenvalue weighted by Crippen LogP contribution is -2.31. The van der Waals surface area contributed by atoms with Crippen LogP contribution in [0.1, 0.15) is 24.6 Å². The van der Waals surface area contributed by atoms with E-state index in [-0.39, 0.29) is 18.6 Å². The second-order valence-corrected chi connectivity index (χ2v) is 5.11. The number of amides is 1. The highest BCUT2D eigenvalue weighted by atomic mass is 16.5. The lowest BCUT2D eigenvalue weighted by molar-refractivity contribution is -0.123. The molecule has 2 aromatic heterocycles. The van der Waals surface area contributed by atoms with Crippen LogP contribution in [0.5, 0.6) is 5.75 Å². The fourth-order valence-corrected chi connectivity index (χ4v) is 2.02. The van der Waals surface area contributed by atoms with E-state index in [9.17, 15) is 4.79 Å². The average molecular weight is 328 g/mol. The number of aromatic nitrogens is 7. The standard InChI is InChI=1S/C14H16N8O2/c1-9(14-17-10(2)18-19-14)16-13(23)7-24-12-5-3-11(4-6-12)22-8-15-20-21-22/h3-6,8-9H,7H2,1-2H3,(H,16,23)(H,17,18,19). The van der Waals surface area contributed by atoms with E-state index in [1.165, 1.54) is 11.0 Å². The first-order valence-electron chi connectivity index (χ1n) is 7.26. The van der Waals surface area contributed by atoms with Crippen LogP contribution in [0.3, 0.4) is 0 Å². The van der Waals surface area contributed by atoms with Gasteiger partial charge in [-0.2, -0.15) is 5.10 Å². The molecular weight excluding hydrogens is 312 g/mol. The van der Waals surface area contributed by atoms with E-state index in [0.717, 1.165) is 5.69 Å². The maximum Gasteiger partial charge on any atom is 0.258 e. The van der Waals surface area contributed by atoms with Gasteiger partial charge in [0, 0.05) is 0 Å². The van der Waals surface area contributed by atoms with E-state index < -0.39 is 0 Å². The van der Waals surface area contributed by atoms with E-state index in [2.05, 4.69) is 36.0 Å². The summed E-state index contributed by atoms with van der Waals surface area (Å²) < 4.78 is 6.99. The Morgan fingerprint density at radius 2 is 2.17 bits per heavy atom. The van der Waals surface area contributed by atoms with Gasteiger partial charge in [-0.3, -0.25) is 9.89 Å². The van der Waals surface area contributed by atoms with Gasteiger partial charge in [-0.1, -0.05) is 0 Å². The largest absolute Gasteiger partial charge is 0.484 e. The summed E-state index contributed by atoms with van der Waals surface area (Å²) in [6.07, 6.45) is 1.50. The zero-order valence-electron chi connectivity index (χ0n) is 13.2. The predicted molar refractivity (Wildman–Crippen MR) is 82.3 cm³/mol. The number of nitrogens with one attached hydrogen (secondary N) is 2. The van der Waals surface area contributed by atoms with Gasteiger partial charge in [0.2, 0.25) is 0 Å². The average Bonchev–Trinajstić information content (AvgIpc) is 3.25. The third kappa shape index (κ3) is 3.72. The van der Waals surface area contributed by atoms with Gasteiger partial charge in [-0.15, -0.1) is 5.10 Å². The molecule has 0 aliphatic rings. The van der Waals surface area contributed by atoms with Gasteiger partial charge in [0.05, 0.1) is 11.7 Å². The lowest BCUT2D eigenvalue weighted by Gasteiger charge is -2.11. The minimum absolute atomic E-state index is 0.0992. The Morgan fingerprint density at radius 3 is 2.79 bits per heavy atom. The van der Waals surface area contributed by atoms with Gasteiger partial charge >= 0.3 is 0 Å². The highest BCUT2D eigenvalue weighted by Crippen LogP contribution is 2.14. The Kier molecular flexibility index (Phi) is 4.45. The molecule has 3 rings (SSSR count). The maximum absolute atomic E-state index is 11.9. The third-order valence-corrected chi connectivity index (χ3v) is 3.20. The van der Waals surface area contributed by atoms with Crippen molar-refractivity contribution in [1.29, 1.82) is 0 Å². The summed E-state index contributed by atoms with van der Waals surface area (Å²) in [6.45, 7) is 3.51. The Hall–Kier alpha value is -3.30. The highest BCUT2D eigenvalue weighted by molar-refractivity contribution is 5.77. The van der Waals surface area contributed by atoms with Crippen LogP contribution in [-0.2, 0) is 4.79 Å². The molecule has 0 aliphatic heterocycles. The van der Waals surface area contributed by atoms with Crippen LogP contribution in [0, 0.1) is 6.92 Å². The van der Waals surface area contributed by atoms with Crippen LogP contribution in [0.4, 0.5) is 0 Å². The Bertz CT molecular complexity index is 797. The quantitative estimate of drug-likeness (QED) is 0.669. The topological polar surface area (TPSA) is 124 Å². The van der Waals surface area contributed by atoms with Crippen molar-refractivity contribution in [3.05, 3.63) is 42.2 Å². The first-order valence-corrected chi connectivity index (χ1v) is 7.26. The van der Waals surface area contributed by atoms with Crippen molar-refractivity contribution < 1.29 is 9.53 Å². The van der Waals surface area contributed by atoms with Gasteiger partial charge in [-0.25, -0.2) is 9.67 Å². The molecule has 0 aliphatic carbocycles. The van der Waals surface area contributed by atoms with Crippen molar-refractivity contribution in [2.24, 2.45) is 0 Å². The van der Waals surface area contributed by atoms with E-state index in [0.29, 0.717) is 17.4 Å². The molecule has 1 amide bonds. The van der Waals surface area contributed by atoms with Crippen LogP contribution in [0.15, 0.2) is 30.6 Å². The summed E-state index contributed by atoms with van der Waals surface area (Å²) in [5.74, 6) is 1.55. The summed E-state index contributed by atoms with van der Waals surface area (Å²) in [5, 5.41) is 20.5. The van der Waals surface area contributed by atoms with Crippen LogP contribution in [0.25, 0.3) is 5.69 Å². The molecule has 0 saturated carbocycles. The number of benzene rings is 1. The monoisotopic (exact) mass is 328 g/mol. The molecule has 3 aromatic rings. The minimum atomic E-state index is -0.298. The van der Waals surface area contributed by atoms with Crippen molar-refractivity contribution >= 4 is 5.91 Å². The smallest absolute Gasteiger partial charge is 0.258 e. The number of nitrogens with zero attached hydrogens (tertiary/aromatic N) is 6. The molecule has 1 unspecified atom stereocenters. The third-order valence-electron chi connectivity index (χ3n) is 3.20. The normalized spacial score (nSPS) is 11.9. The molecular formula is C14H16N8O2. The molecule has 2 N–H and O–H groups in total. The number of carbonyl (C=O) groups is 1. The zero-order chi connectivity index (χ0) is 16.9. The molecule has 1 aromatic carbocycles. The van der Waals surface area contributed by atoms with Crippen LogP contribution < -0.4 is 10.1 Å². The van der Waals surface area contributed by atoms with E-state index in [1.807, 2.05) is 6.92 Å². The zero-order valence-corrected chi connectivity index (χ0v) is 13.2. The van der Waals surface area contributed by atoms with Crippen molar-refractivity contribution in [2.75, 3.05) is 6.61 Å². The van der Waals surface area contributed by atoms with Crippen LogP contribution in [0.2, 0.25) is 0 Å². The second-order valence-electron chi connectivity index (χ2n) is 5.11. The molecule has 0 spiro atoms. The molecule has 10 nitrogen and oxygen atoms in total. The van der Waals surface area contributed by atoms with Gasteiger partial charge in [0.15, 0.2) is 12.4 Å². The molecule has 1 atom stereocenters. The van der Waals surface area contributed by atoms with Crippen LogP contribution in [-0.4, -0.2) is 47.9 Å². The van der Waals surface area contributed by atoms with E-state index >= 15 is 0 Å². The summed E-state index contributed by atoms with van der Waals surface area (Å²) in [6, 6.07) is 6.78. The SMILES string of the molecule is Cc1nc(C(C)NC(=O)COc2ccc(-n3cnnn3)cc2)n[nH]1. The number of rotatable bonds is 6. The van der Waals surface area contributed by atoms with Gasteiger partial charge in [0.1, 0.15) is 17.9 Å². The van der Waals surface area contributed by atoms with E-state index in [1.54, 1.807) is 31.2 Å². The molecule has 24 heavy (non-hydrogen) atoms. The first kappa shape index (κ1) is 15.6. The minimum Gasteiger partial charge on any atom is -0.484 e. The molecule has 0 bridgehead atoms. The summed E-state index contributed by atoms with van der Waals surface area (Å²) in [5.41, 5.74) is 0.797. The lowest BCUT2D eigenvalue weighted by atomic mass is 10.3. The number of hydrogen-bond acceptors (Lipinski definition) is 7. The Morgan fingerprint density at radius 1 is 1.38 bits per heavy atom.